The summed E-state index contributed by atoms with van der Waals surface area (Å²) in [6.45, 7) is 0. The van der Waals surface area contributed by atoms with Gasteiger partial charge in [0.15, 0.2) is 0 Å². The molecule has 0 aromatic rings. The van der Waals surface area contributed by atoms with Gasteiger partial charge in [-0.15, -0.1) is 0 Å². The van der Waals surface area contributed by atoms with Crippen LogP contribution in [-0.2, 0) is 25.2 Å². The second-order valence-electron chi connectivity index (χ2n) is 0.582. The van der Waals surface area contributed by atoms with Crippen LogP contribution in [0.1, 0.15) is 0 Å². The summed E-state index contributed by atoms with van der Waals surface area (Å²) in [6.07, 6.45) is 0. The molecule has 29 valence electrons. The summed E-state index contributed by atoms with van der Waals surface area (Å²) in [5.74, 6) is 0. The second kappa shape index (κ2) is 3.75. The Kier molecular flexibility index (Phi) is 6.70. The van der Waals surface area contributed by atoms with Crippen molar-refractivity contribution >= 4 is 45.8 Å². The molecule has 0 saturated heterocycles. The molecule has 0 amide bonds. The molecule has 0 aromatic heterocycles. The third-order valence-electron chi connectivity index (χ3n) is 0. The average Bonchev–Trinajstić information content (AvgIpc) is 0.722. The summed E-state index contributed by atoms with van der Waals surface area (Å²) in [5, 5.41) is 0. The average molecular weight is 187 g/mol. The van der Waals surface area contributed by atoms with Crippen LogP contribution in [0.15, 0.2) is 0 Å². The third-order valence-corrected chi connectivity index (χ3v) is 0. The van der Waals surface area contributed by atoms with E-state index in [0.717, 1.165) is 0 Å². The van der Waals surface area contributed by atoms with Crippen LogP contribution in [-0.4, -0.2) is 50.7 Å². The largest absolute Gasteiger partial charge is 0 e. The summed E-state index contributed by atoms with van der Waals surface area (Å²) in [6, 6.07) is 0. The molecule has 0 fully saturated rings. The minimum atomic E-state index is -3.54. The van der Waals surface area contributed by atoms with Crippen LogP contribution >= 0.6 is 0 Å². The van der Waals surface area contributed by atoms with E-state index < -0.39 is 8.11 Å². The van der Waals surface area contributed by atoms with Gasteiger partial charge >= 0.3 is 38.2 Å². The van der Waals surface area contributed by atoms with Gasteiger partial charge in [-0.1, -0.05) is 0 Å². The molecule has 0 aliphatic heterocycles. The molecule has 0 bridgehead atoms. The zero-order chi connectivity index (χ0) is 4.50. The van der Waals surface area contributed by atoms with Crippen molar-refractivity contribution in [1.82, 2.24) is 0 Å². The van der Waals surface area contributed by atoms with Crippen molar-refractivity contribution in [2.24, 2.45) is 0 Å². The molecule has 0 aromatic carbocycles. The monoisotopic (exact) mass is 185 g/mol. The Morgan fingerprint density at radius 2 is 1.50 bits per heavy atom. The van der Waals surface area contributed by atoms with Crippen molar-refractivity contribution in [3.8, 4) is 0 Å². The standard InChI is InChI=1S/Ca.HO3S.Zn/c;1-4(2)3;/h;(H,1,2,3);. The van der Waals surface area contributed by atoms with Crippen molar-refractivity contribution in [3.05, 3.63) is 0 Å². The molecule has 1 N–H and O–H groups in total. The van der Waals surface area contributed by atoms with Crippen molar-refractivity contribution in [1.29, 1.82) is 0 Å². The number of rotatable bonds is 0. The Balaban J connectivity index is 0. The molecule has 3 nitrogen and oxygen atoms in total. The van der Waals surface area contributed by atoms with Gasteiger partial charge in [0.05, 0.1) is 0 Å². The molecule has 0 atom stereocenters. The van der Waals surface area contributed by atoms with Crippen molar-refractivity contribution in [2.75, 3.05) is 0 Å². The van der Waals surface area contributed by atoms with Gasteiger partial charge in [-0.05, 0) is 0 Å². The Hall–Kier alpha value is 1.79. The predicted molar refractivity (Wildman–Crippen MR) is 17.3 cm³/mol. The maximum atomic E-state index is 9.24. The Morgan fingerprint density at radius 3 is 1.50 bits per heavy atom. The van der Waals surface area contributed by atoms with Gasteiger partial charge in [-0.25, -0.2) is 0 Å². The molecule has 2 radical (unpaired) electrons. The molecule has 6 heteroatoms. The summed E-state index contributed by atoms with van der Waals surface area (Å²) >= 11 is -0.0764. The normalized spacial score (nSPS) is 9.83. The van der Waals surface area contributed by atoms with E-state index in [4.69, 9.17) is 4.55 Å². The summed E-state index contributed by atoms with van der Waals surface area (Å²) in [7, 11) is -3.54. The van der Waals surface area contributed by atoms with E-state index in [1.807, 2.05) is 0 Å². The molecule has 0 saturated carbocycles. The SMILES string of the molecule is O=[S](=O)(O)[Zn].[Ca]. The van der Waals surface area contributed by atoms with Crippen molar-refractivity contribution in [2.45, 2.75) is 0 Å². The summed E-state index contributed by atoms with van der Waals surface area (Å²) in [4.78, 5) is 0. The van der Waals surface area contributed by atoms with E-state index in [9.17, 15) is 8.42 Å². The molecule has 0 aliphatic rings. The van der Waals surface area contributed by atoms with Crippen LogP contribution in [0.3, 0.4) is 0 Å². The zero-order valence-corrected chi connectivity index (χ0v) is 9.08. The van der Waals surface area contributed by atoms with Crippen LogP contribution in [0.25, 0.3) is 0 Å². The molecule has 0 rings (SSSR count). The first-order chi connectivity index (χ1) is 2.00. The summed E-state index contributed by atoms with van der Waals surface area (Å²) in [5.41, 5.74) is 0. The van der Waals surface area contributed by atoms with Gasteiger partial charge in [-0.3, -0.25) is 0 Å². The fourth-order valence-corrected chi connectivity index (χ4v) is 0. The quantitative estimate of drug-likeness (QED) is 0.388. The Bertz CT molecular complexity index is 94.0. The van der Waals surface area contributed by atoms with Crippen LogP contribution in [0, 0.1) is 0 Å². The Labute approximate surface area is 74.8 Å². The van der Waals surface area contributed by atoms with Gasteiger partial charge in [0.1, 0.15) is 0 Å². The molecular weight excluding hydrogens is 186 g/mol. The van der Waals surface area contributed by atoms with E-state index >= 15 is 0 Å². The van der Waals surface area contributed by atoms with Gasteiger partial charge < -0.3 is 0 Å². The van der Waals surface area contributed by atoms with Crippen LogP contribution in [0.4, 0.5) is 0 Å². The number of hydrogen-bond acceptors (Lipinski definition) is 2. The van der Waals surface area contributed by atoms with Crippen LogP contribution in [0.5, 0.6) is 0 Å². The van der Waals surface area contributed by atoms with E-state index in [2.05, 4.69) is 0 Å². The van der Waals surface area contributed by atoms with Gasteiger partial charge in [-0.2, -0.15) is 0 Å². The van der Waals surface area contributed by atoms with E-state index in [-0.39, 0.29) is 54.8 Å². The fraction of sp³-hybridized carbons (Fsp3) is 0. The molecule has 0 unspecified atom stereocenters. The minimum absolute atomic E-state index is 0. The Morgan fingerprint density at radius 1 is 1.50 bits per heavy atom. The molecule has 0 spiro atoms. The third kappa shape index (κ3) is 41.4. The minimum Gasteiger partial charge on any atom is 0 e. The van der Waals surface area contributed by atoms with Gasteiger partial charge in [0, 0.05) is 37.7 Å². The maximum absolute atomic E-state index is 9.24. The molecule has 0 heterocycles. The van der Waals surface area contributed by atoms with E-state index in [0.29, 0.717) is 0 Å². The first-order valence-corrected chi connectivity index (χ1v) is 6.05. The fourth-order valence-electron chi connectivity index (χ4n) is 0. The molecule has 0 aliphatic carbocycles. The van der Waals surface area contributed by atoms with E-state index in [1.165, 1.54) is 0 Å². The topological polar surface area (TPSA) is 54.4 Å². The predicted octanol–water partition coefficient (Wildman–Crippen LogP) is -1.04. The zero-order valence-electron chi connectivity index (χ0n) is 3.09. The first kappa shape index (κ1) is 10.7. The van der Waals surface area contributed by atoms with Crippen LogP contribution in [0.2, 0.25) is 0 Å². The van der Waals surface area contributed by atoms with Gasteiger partial charge in [0.2, 0.25) is 0 Å². The van der Waals surface area contributed by atoms with Gasteiger partial charge in [0.25, 0.3) is 0 Å². The van der Waals surface area contributed by atoms with Crippen LogP contribution < -0.4 is 0 Å². The second-order valence-corrected chi connectivity index (χ2v) is 6.34. The first-order valence-electron chi connectivity index (χ1n) is 0.805. The van der Waals surface area contributed by atoms with E-state index in [1.54, 1.807) is 0 Å². The maximum Gasteiger partial charge on any atom is 0 e. The smallest absolute Gasteiger partial charge is 0 e. The molecular formula is HCaO3SZn. The molecule has 6 heavy (non-hydrogen) atoms. The van der Waals surface area contributed by atoms with Crippen molar-refractivity contribution in [3.63, 3.8) is 0 Å². The summed E-state index contributed by atoms with van der Waals surface area (Å²) < 4.78 is 26.0. The van der Waals surface area contributed by atoms with Crippen molar-refractivity contribution < 1.29 is 30.1 Å². The number of hydrogen-bond donors (Lipinski definition) is 1.